The van der Waals surface area contributed by atoms with Gasteiger partial charge >= 0.3 is 0 Å². The molecule has 1 amide bonds. The molecule has 2 aliphatic rings. The van der Waals surface area contributed by atoms with Crippen LogP contribution < -0.4 is 5.73 Å². The minimum atomic E-state index is -3.88. The summed E-state index contributed by atoms with van der Waals surface area (Å²) in [4.78, 5) is 14.5. The monoisotopic (exact) mass is 433 g/mol. The number of piperidine rings is 2. The third-order valence-corrected chi connectivity index (χ3v) is 7.72. The third kappa shape index (κ3) is 4.67. The van der Waals surface area contributed by atoms with E-state index in [0.717, 1.165) is 25.5 Å². The summed E-state index contributed by atoms with van der Waals surface area (Å²) < 4.78 is 40.6. The summed E-state index contributed by atoms with van der Waals surface area (Å²) in [7, 11) is -3.88. The molecule has 2 aliphatic heterocycles. The second kappa shape index (κ2) is 9.52. The molecule has 2 unspecified atom stereocenters. The van der Waals surface area contributed by atoms with Crippen LogP contribution in [0.5, 0.6) is 0 Å². The summed E-state index contributed by atoms with van der Waals surface area (Å²) in [6, 6.07) is 5.47. The van der Waals surface area contributed by atoms with E-state index in [4.69, 9.17) is 5.73 Å². The van der Waals surface area contributed by atoms with Crippen molar-refractivity contribution < 1.29 is 17.6 Å². The van der Waals surface area contributed by atoms with Crippen LogP contribution in [0.3, 0.4) is 0 Å². The Morgan fingerprint density at radius 1 is 1.18 bits per heavy atom. The summed E-state index contributed by atoms with van der Waals surface area (Å²) in [5.74, 6) is -0.293. The number of amides is 1. The van der Waals surface area contributed by atoms with Crippen LogP contribution in [-0.2, 0) is 14.8 Å². The second-order valence-electron chi connectivity index (χ2n) is 7.66. The Labute approximate surface area is 172 Å². The highest BCUT2D eigenvalue weighted by molar-refractivity contribution is 7.89. The molecular weight excluding hydrogens is 405 g/mol. The van der Waals surface area contributed by atoms with Gasteiger partial charge in [0, 0.05) is 38.1 Å². The highest BCUT2D eigenvalue weighted by Gasteiger charge is 2.37. The molecule has 2 N–H and O–H groups in total. The maximum Gasteiger partial charge on any atom is 0.245 e. The molecule has 2 saturated heterocycles. The number of carbonyl (C=O) groups excluding carboxylic acids is 1. The Bertz CT molecular complexity index is 784. The van der Waals surface area contributed by atoms with E-state index in [2.05, 4.69) is 6.92 Å². The second-order valence-corrected chi connectivity index (χ2v) is 9.57. The molecule has 0 aliphatic carbocycles. The number of sulfonamides is 1. The molecular formula is C19H29ClFN3O3S. The number of hydrogen-bond donors (Lipinski definition) is 1. The van der Waals surface area contributed by atoms with Crippen molar-refractivity contribution in [2.45, 2.75) is 43.5 Å². The van der Waals surface area contributed by atoms with Crippen molar-refractivity contribution in [2.24, 2.45) is 17.6 Å². The fraction of sp³-hybridized carbons (Fsp3) is 0.632. The van der Waals surface area contributed by atoms with Crippen molar-refractivity contribution in [3.63, 3.8) is 0 Å². The molecule has 2 atom stereocenters. The predicted molar refractivity (Wildman–Crippen MR) is 108 cm³/mol. The Balaban J connectivity index is 0.00000280. The number of halogens is 2. The lowest BCUT2D eigenvalue weighted by Gasteiger charge is -2.41. The normalized spacial score (nSPS) is 24.6. The average molecular weight is 434 g/mol. The largest absolute Gasteiger partial charge is 0.338 e. The van der Waals surface area contributed by atoms with Crippen LogP contribution in [0.1, 0.15) is 32.6 Å². The molecule has 0 bridgehead atoms. The first-order valence-electron chi connectivity index (χ1n) is 9.59. The third-order valence-electron chi connectivity index (χ3n) is 5.79. The van der Waals surface area contributed by atoms with Crippen molar-refractivity contribution >= 4 is 28.3 Å². The minimum Gasteiger partial charge on any atom is -0.338 e. The maximum atomic E-state index is 13.9. The van der Waals surface area contributed by atoms with Gasteiger partial charge in [0.15, 0.2) is 0 Å². The van der Waals surface area contributed by atoms with E-state index >= 15 is 0 Å². The standard InChI is InChI=1S/C19H28FN3O3S.ClH/c1-14-6-11-23(16(12-14)13-21)19(24)15-7-9-22(10-8-15)27(25,26)18-5-3-2-4-17(18)20;/h2-5,14-16H,6-13,21H2,1H3;1H. The lowest BCUT2D eigenvalue weighted by molar-refractivity contribution is -0.141. The zero-order valence-electron chi connectivity index (χ0n) is 16.1. The van der Waals surface area contributed by atoms with Gasteiger partial charge in [-0.2, -0.15) is 4.31 Å². The van der Waals surface area contributed by atoms with E-state index in [1.807, 2.05) is 4.90 Å². The Morgan fingerprint density at radius 2 is 1.82 bits per heavy atom. The van der Waals surface area contributed by atoms with E-state index in [1.54, 1.807) is 0 Å². The van der Waals surface area contributed by atoms with Gasteiger partial charge in [-0.15, -0.1) is 12.4 Å². The van der Waals surface area contributed by atoms with E-state index in [0.29, 0.717) is 25.3 Å². The molecule has 6 nitrogen and oxygen atoms in total. The number of nitrogens with zero attached hydrogens (tertiary/aromatic N) is 2. The molecule has 3 rings (SSSR count). The first-order chi connectivity index (χ1) is 12.8. The fourth-order valence-electron chi connectivity index (χ4n) is 4.14. The number of rotatable bonds is 4. The molecule has 0 aromatic heterocycles. The zero-order valence-corrected chi connectivity index (χ0v) is 17.7. The van der Waals surface area contributed by atoms with Crippen molar-refractivity contribution in [2.75, 3.05) is 26.2 Å². The number of carbonyl (C=O) groups is 1. The quantitative estimate of drug-likeness (QED) is 0.789. The van der Waals surface area contributed by atoms with Crippen LogP contribution in [0.25, 0.3) is 0 Å². The van der Waals surface area contributed by atoms with E-state index in [-0.39, 0.29) is 48.3 Å². The van der Waals surface area contributed by atoms with Crippen LogP contribution in [0.4, 0.5) is 4.39 Å². The average Bonchev–Trinajstić information content (AvgIpc) is 2.67. The van der Waals surface area contributed by atoms with Crippen molar-refractivity contribution in [3.05, 3.63) is 30.1 Å². The summed E-state index contributed by atoms with van der Waals surface area (Å²) in [5, 5.41) is 0. The fourth-order valence-corrected chi connectivity index (χ4v) is 5.67. The van der Waals surface area contributed by atoms with Gasteiger partial charge in [0.05, 0.1) is 0 Å². The van der Waals surface area contributed by atoms with E-state index in [9.17, 15) is 17.6 Å². The number of benzene rings is 1. The van der Waals surface area contributed by atoms with Crippen LogP contribution in [0.2, 0.25) is 0 Å². The number of nitrogens with two attached hydrogens (primary N) is 1. The van der Waals surface area contributed by atoms with Gasteiger partial charge in [-0.3, -0.25) is 4.79 Å². The van der Waals surface area contributed by atoms with Gasteiger partial charge < -0.3 is 10.6 Å². The van der Waals surface area contributed by atoms with Crippen molar-refractivity contribution in [1.82, 2.24) is 9.21 Å². The summed E-state index contributed by atoms with van der Waals surface area (Å²) in [6.07, 6.45) is 2.80. The molecule has 158 valence electrons. The molecule has 9 heteroatoms. The molecule has 0 spiro atoms. The molecule has 0 radical (unpaired) electrons. The Morgan fingerprint density at radius 3 is 2.43 bits per heavy atom. The molecule has 1 aromatic rings. The van der Waals surface area contributed by atoms with Crippen LogP contribution in [-0.4, -0.2) is 55.8 Å². The number of likely N-dealkylation sites (tertiary alicyclic amines) is 1. The van der Waals surface area contributed by atoms with Gasteiger partial charge in [0.2, 0.25) is 15.9 Å². The molecule has 1 aromatic carbocycles. The summed E-state index contributed by atoms with van der Waals surface area (Å²) >= 11 is 0. The lowest BCUT2D eigenvalue weighted by Crippen LogP contribution is -2.52. The zero-order chi connectivity index (χ0) is 19.6. The van der Waals surface area contributed by atoms with E-state index in [1.165, 1.54) is 22.5 Å². The maximum absolute atomic E-state index is 13.9. The highest BCUT2D eigenvalue weighted by atomic mass is 35.5. The molecule has 2 heterocycles. The summed E-state index contributed by atoms with van der Waals surface area (Å²) in [6.45, 7) is 3.80. The summed E-state index contributed by atoms with van der Waals surface area (Å²) in [5.41, 5.74) is 5.86. The molecule has 0 saturated carbocycles. The SMILES string of the molecule is CC1CCN(C(=O)C2CCN(S(=O)(=O)c3ccccc3F)CC2)C(CN)C1.Cl. The Hall–Kier alpha value is -1.22. The predicted octanol–water partition coefficient (Wildman–Crippen LogP) is 2.23. The lowest BCUT2D eigenvalue weighted by atomic mass is 9.89. The van der Waals surface area contributed by atoms with Crippen molar-refractivity contribution in [1.29, 1.82) is 0 Å². The van der Waals surface area contributed by atoms with Gasteiger partial charge in [0.25, 0.3) is 0 Å². The van der Waals surface area contributed by atoms with Crippen LogP contribution in [0, 0.1) is 17.7 Å². The number of hydrogen-bond acceptors (Lipinski definition) is 4. The van der Waals surface area contributed by atoms with Gasteiger partial charge in [-0.05, 0) is 43.7 Å². The van der Waals surface area contributed by atoms with Gasteiger partial charge in [-0.25, -0.2) is 12.8 Å². The molecule has 2 fully saturated rings. The highest BCUT2D eigenvalue weighted by Crippen LogP contribution is 2.29. The van der Waals surface area contributed by atoms with Gasteiger partial charge in [0.1, 0.15) is 10.7 Å². The van der Waals surface area contributed by atoms with Crippen LogP contribution >= 0.6 is 12.4 Å². The first-order valence-corrected chi connectivity index (χ1v) is 11.0. The molecule has 28 heavy (non-hydrogen) atoms. The van der Waals surface area contributed by atoms with Crippen molar-refractivity contribution in [3.8, 4) is 0 Å². The topological polar surface area (TPSA) is 83.7 Å². The Kier molecular flexibility index (Phi) is 7.84. The van der Waals surface area contributed by atoms with Crippen LogP contribution in [0.15, 0.2) is 29.2 Å². The minimum absolute atomic E-state index is 0. The van der Waals surface area contributed by atoms with Gasteiger partial charge in [-0.1, -0.05) is 19.1 Å². The smallest absolute Gasteiger partial charge is 0.245 e. The first kappa shape index (κ1) is 23.1. The van der Waals surface area contributed by atoms with E-state index < -0.39 is 15.8 Å².